The van der Waals surface area contributed by atoms with Crippen molar-refractivity contribution in [2.24, 2.45) is 5.92 Å². The summed E-state index contributed by atoms with van der Waals surface area (Å²) in [5.74, 6) is -7.03. The molecule has 3 atom stereocenters. The van der Waals surface area contributed by atoms with Gasteiger partial charge in [-0.15, -0.1) is 0 Å². The molecule has 7 heteroatoms. The van der Waals surface area contributed by atoms with Crippen molar-refractivity contribution in [3.8, 4) is 0 Å². The van der Waals surface area contributed by atoms with Gasteiger partial charge in [-0.1, -0.05) is 13.0 Å². The van der Waals surface area contributed by atoms with Gasteiger partial charge >= 0.3 is 18.0 Å². The van der Waals surface area contributed by atoms with Gasteiger partial charge in [0.05, 0.1) is 5.92 Å². The van der Waals surface area contributed by atoms with Gasteiger partial charge in [0.1, 0.15) is 6.10 Å². The van der Waals surface area contributed by atoms with Gasteiger partial charge in [-0.3, -0.25) is 0 Å². The van der Waals surface area contributed by atoms with E-state index in [0.717, 1.165) is 0 Å². The molecule has 19 heavy (non-hydrogen) atoms. The van der Waals surface area contributed by atoms with E-state index in [1.807, 2.05) is 0 Å². The number of hydrogen-bond acceptors (Lipinski definition) is 3. The van der Waals surface area contributed by atoms with Crippen molar-refractivity contribution < 1.29 is 32.2 Å². The maximum atomic E-state index is 13.6. The van der Waals surface area contributed by atoms with E-state index < -0.39 is 30.0 Å². The zero-order valence-corrected chi connectivity index (χ0v) is 10.5. The number of alkyl halides is 4. The van der Waals surface area contributed by atoms with E-state index in [1.165, 1.54) is 6.92 Å². The summed E-state index contributed by atoms with van der Waals surface area (Å²) in [6.07, 6.45) is -5.96. The molecule has 0 aliphatic heterocycles. The molecule has 1 saturated carbocycles. The van der Waals surface area contributed by atoms with Crippen molar-refractivity contribution in [3.05, 3.63) is 12.2 Å². The van der Waals surface area contributed by atoms with E-state index in [1.54, 1.807) is 0 Å². The summed E-state index contributed by atoms with van der Waals surface area (Å²) >= 11 is 0. The van der Waals surface area contributed by atoms with Crippen LogP contribution in [0, 0.1) is 5.92 Å². The van der Waals surface area contributed by atoms with Crippen LogP contribution >= 0.6 is 0 Å². The normalized spacial score (nSPS) is 27.5. The third-order valence-electron chi connectivity index (χ3n) is 3.20. The molecule has 3 nitrogen and oxygen atoms in total. The number of aliphatic hydroxyl groups is 1. The quantitative estimate of drug-likeness (QED) is 0.492. The molecule has 110 valence electrons. The van der Waals surface area contributed by atoms with Gasteiger partial charge in [-0.25, -0.2) is 9.18 Å². The molecule has 0 heterocycles. The standard InChI is InChI=1S/C12H16F4O3/c1-7(2)10(17)19-9-6-4-3-5-8(9)11(13,18)12(14,15)16/h8-9,18H,1,3-6H2,2H3. The van der Waals surface area contributed by atoms with Crippen LogP contribution in [0.5, 0.6) is 0 Å². The number of halogens is 4. The van der Waals surface area contributed by atoms with Gasteiger partial charge in [-0.2, -0.15) is 13.2 Å². The van der Waals surface area contributed by atoms with Crippen molar-refractivity contribution in [1.29, 1.82) is 0 Å². The van der Waals surface area contributed by atoms with Gasteiger partial charge in [-0.05, 0) is 26.2 Å². The molecule has 0 aromatic carbocycles. The molecule has 1 rings (SSSR count). The largest absolute Gasteiger partial charge is 0.459 e. The second-order valence-electron chi connectivity index (χ2n) is 4.79. The van der Waals surface area contributed by atoms with Gasteiger partial charge in [0.15, 0.2) is 0 Å². The molecule has 1 fully saturated rings. The molecule has 0 bridgehead atoms. The Morgan fingerprint density at radius 1 is 1.26 bits per heavy atom. The molecule has 1 aliphatic carbocycles. The summed E-state index contributed by atoms with van der Waals surface area (Å²) in [5, 5.41) is 9.09. The molecule has 0 amide bonds. The van der Waals surface area contributed by atoms with Crippen LogP contribution in [0.25, 0.3) is 0 Å². The van der Waals surface area contributed by atoms with Gasteiger partial charge < -0.3 is 9.84 Å². The lowest BCUT2D eigenvalue weighted by Gasteiger charge is -2.38. The smallest absolute Gasteiger partial charge is 0.448 e. The summed E-state index contributed by atoms with van der Waals surface area (Å²) in [4.78, 5) is 11.3. The van der Waals surface area contributed by atoms with Crippen molar-refractivity contribution in [2.75, 3.05) is 0 Å². The van der Waals surface area contributed by atoms with Crippen LogP contribution in [-0.2, 0) is 9.53 Å². The fraction of sp³-hybridized carbons (Fsp3) is 0.750. The number of ether oxygens (including phenoxy) is 1. The van der Waals surface area contributed by atoms with Crippen LogP contribution in [0.3, 0.4) is 0 Å². The Morgan fingerprint density at radius 2 is 1.79 bits per heavy atom. The molecule has 1 aliphatic rings. The van der Waals surface area contributed by atoms with Gasteiger partial charge in [0.25, 0.3) is 0 Å². The Kier molecular flexibility index (Phi) is 4.60. The number of rotatable bonds is 3. The zero-order valence-electron chi connectivity index (χ0n) is 10.5. The number of esters is 1. The second kappa shape index (κ2) is 5.48. The van der Waals surface area contributed by atoms with E-state index >= 15 is 0 Å². The highest BCUT2D eigenvalue weighted by atomic mass is 19.4. The first-order valence-corrected chi connectivity index (χ1v) is 5.92. The molecule has 0 spiro atoms. The first-order valence-electron chi connectivity index (χ1n) is 5.92. The van der Waals surface area contributed by atoms with E-state index in [9.17, 15) is 22.4 Å². The molecule has 0 aromatic rings. The molecule has 1 N–H and O–H groups in total. The lowest BCUT2D eigenvalue weighted by molar-refractivity contribution is -0.347. The van der Waals surface area contributed by atoms with Crippen LogP contribution in [0.1, 0.15) is 32.6 Å². The van der Waals surface area contributed by atoms with E-state index in [0.29, 0.717) is 12.8 Å². The average molecular weight is 284 g/mol. The fourth-order valence-corrected chi connectivity index (χ4v) is 2.12. The summed E-state index contributed by atoms with van der Waals surface area (Å²) in [7, 11) is 0. The van der Waals surface area contributed by atoms with Crippen LogP contribution in [0.15, 0.2) is 12.2 Å². The van der Waals surface area contributed by atoms with Crippen LogP contribution < -0.4 is 0 Å². The summed E-state index contributed by atoms with van der Waals surface area (Å²) in [6.45, 7) is 4.64. The number of carbonyl (C=O) groups excluding carboxylic acids is 1. The lowest BCUT2D eigenvalue weighted by Crippen LogP contribution is -2.53. The molecule has 0 radical (unpaired) electrons. The van der Waals surface area contributed by atoms with Crippen LogP contribution in [0.4, 0.5) is 17.6 Å². The monoisotopic (exact) mass is 284 g/mol. The third kappa shape index (κ3) is 3.46. The minimum atomic E-state index is -5.41. The lowest BCUT2D eigenvalue weighted by atomic mass is 9.81. The maximum Gasteiger partial charge on any atom is 0.448 e. The molecule has 0 saturated heterocycles. The minimum absolute atomic E-state index is 0.0127. The van der Waals surface area contributed by atoms with Crippen LogP contribution in [0.2, 0.25) is 0 Å². The Balaban J connectivity index is 2.89. The number of carbonyl (C=O) groups is 1. The highest BCUT2D eigenvalue weighted by Crippen LogP contribution is 2.44. The zero-order chi connectivity index (χ0) is 14.8. The Hall–Kier alpha value is -1.11. The second-order valence-corrected chi connectivity index (χ2v) is 4.79. The predicted octanol–water partition coefficient (Wildman–Crippen LogP) is 2.88. The number of hydrogen-bond donors (Lipinski definition) is 1. The Bertz CT molecular complexity index is 362. The maximum absolute atomic E-state index is 13.6. The molecule has 3 unspecified atom stereocenters. The first kappa shape index (κ1) is 15.9. The third-order valence-corrected chi connectivity index (χ3v) is 3.20. The van der Waals surface area contributed by atoms with Gasteiger partial charge in [0.2, 0.25) is 0 Å². The average Bonchev–Trinajstić information content (AvgIpc) is 2.27. The summed E-state index contributed by atoms with van der Waals surface area (Å²) < 4.78 is 55.9. The molecular formula is C12H16F4O3. The Morgan fingerprint density at radius 3 is 2.26 bits per heavy atom. The summed E-state index contributed by atoms with van der Waals surface area (Å²) in [5.41, 5.74) is 0.0127. The van der Waals surface area contributed by atoms with E-state index in [4.69, 9.17) is 9.84 Å². The molecular weight excluding hydrogens is 268 g/mol. The highest BCUT2D eigenvalue weighted by Gasteiger charge is 2.62. The first-order chi connectivity index (χ1) is 8.57. The van der Waals surface area contributed by atoms with E-state index in [2.05, 4.69) is 6.58 Å². The van der Waals surface area contributed by atoms with Crippen LogP contribution in [-0.4, -0.2) is 29.2 Å². The minimum Gasteiger partial charge on any atom is -0.459 e. The topological polar surface area (TPSA) is 46.5 Å². The van der Waals surface area contributed by atoms with Crippen molar-refractivity contribution in [2.45, 2.75) is 50.7 Å². The van der Waals surface area contributed by atoms with Crippen molar-refractivity contribution in [3.63, 3.8) is 0 Å². The Labute approximate surface area is 108 Å². The highest BCUT2D eigenvalue weighted by molar-refractivity contribution is 5.87. The molecule has 0 aromatic heterocycles. The summed E-state index contributed by atoms with van der Waals surface area (Å²) in [6, 6.07) is 0. The fourth-order valence-electron chi connectivity index (χ4n) is 2.12. The van der Waals surface area contributed by atoms with E-state index in [-0.39, 0.29) is 18.4 Å². The van der Waals surface area contributed by atoms with Crippen molar-refractivity contribution >= 4 is 5.97 Å². The van der Waals surface area contributed by atoms with Crippen molar-refractivity contribution in [1.82, 2.24) is 0 Å². The SMILES string of the molecule is C=C(C)C(=O)OC1CCCCC1C(O)(F)C(F)(F)F. The van der Waals surface area contributed by atoms with Gasteiger partial charge in [0, 0.05) is 5.57 Å². The predicted molar refractivity (Wildman–Crippen MR) is 58.8 cm³/mol.